The molecule has 0 aliphatic carbocycles. The first-order valence-electron chi connectivity index (χ1n) is 16.9. The lowest BCUT2D eigenvalue weighted by atomic mass is 9.98. The van der Waals surface area contributed by atoms with E-state index < -0.39 is 6.29 Å². The number of rotatable bonds is 13. The summed E-state index contributed by atoms with van der Waals surface area (Å²) in [6.45, 7) is 2.52. The van der Waals surface area contributed by atoms with Crippen LogP contribution in [0, 0.1) is 0 Å². The van der Waals surface area contributed by atoms with Gasteiger partial charge in [0, 0.05) is 56.5 Å². The smallest absolute Gasteiger partial charge is 0.315 e. The zero-order chi connectivity index (χ0) is 33.8. The number of aliphatic hydroxyl groups excluding tert-OH is 1. The van der Waals surface area contributed by atoms with Gasteiger partial charge in [0.1, 0.15) is 0 Å². The van der Waals surface area contributed by atoms with E-state index in [0.717, 1.165) is 70.6 Å². The van der Waals surface area contributed by atoms with Gasteiger partial charge in [-0.2, -0.15) is 0 Å². The zero-order valence-electron chi connectivity index (χ0n) is 27.9. The van der Waals surface area contributed by atoms with Gasteiger partial charge in [0.15, 0.2) is 6.29 Å². The number of urea groups is 1. The van der Waals surface area contributed by atoms with Crippen molar-refractivity contribution in [1.82, 2.24) is 20.5 Å². The van der Waals surface area contributed by atoms with Crippen LogP contribution >= 0.6 is 0 Å². The van der Waals surface area contributed by atoms with Gasteiger partial charge in [-0.25, -0.2) is 4.79 Å². The standard InChI is InChI=1S/C41H44N4O4/c1-45(22-20-37-15-5-6-21-42-37)28-38-25-39(33-18-16-31(29-46)17-19-33)49-40(48-38)36-14-8-13-35(24-36)34-12-7-11-32(23-34)27-44-41(47)43-26-30-9-3-2-4-10-30/h2-19,21,23-24,38-40,46H,20,22,25-29H2,1H3,(H2,43,44,47)/t38-,39+,40+/m1/s1. The topological polar surface area (TPSA) is 96.0 Å². The van der Waals surface area contributed by atoms with E-state index in [1.54, 1.807) is 0 Å². The zero-order valence-corrected chi connectivity index (χ0v) is 27.9. The lowest BCUT2D eigenvalue weighted by Gasteiger charge is -2.38. The van der Waals surface area contributed by atoms with Gasteiger partial charge in [0.05, 0.1) is 18.8 Å². The Hall–Kier alpha value is -4.86. The summed E-state index contributed by atoms with van der Waals surface area (Å²) in [4.78, 5) is 19.2. The average Bonchev–Trinajstić information content (AvgIpc) is 3.16. The maximum Gasteiger partial charge on any atom is 0.315 e. The third-order valence-electron chi connectivity index (χ3n) is 8.77. The predicted molar refractivity (Wildman–Crippen MR) is 191 cm³/mol. The van der Waals surface area contributed by atoms with Crippen molar-refractivity contribution in [2.24, 2.45) is 0 Å². The summed E-state index contributed by atoms with van der Waals surface area (Å²) in [5.74, 6) is 0. The van der Waals surface area contributed by atoms with Gasteiger partial charge < -0.3 is 30.1 Å². The first-order valence-corrected chi connectivity index (χ1v) is 16.9. The minimum Gasteiger partial charge on any atom is -0.392 e. The summed E-state index contributed by atoms with van der Waals surface area (Å²) in [5, 5.41) is 15.5. The number of aromatic nitrogens is 1. The van der Waals surface area contributed by atoms with E-state index in [1.807, 2.05) is 91.1 Å². The van der Waals surface area contributed by atoms with Gasteiger partial charge in [0.25, 0.3) is 0 Å². The molecule has 1 aliphatic rings. The number of aliphatic hydroxyl groups is 1. The summed E-state index contributed by atoms with van der Waals surface area (Å²) in [6.07, 6.45) is 2.65. The van der Waals surface area contributed by atoms with Crippen LogP contribution in [-0.4, -0.2) is 47.3 Å². The minimum atomic E-state index is -0.552. The molecule has 0 bridgehead atoms. The highest BCUT2D eigenvalue weighted by molar-refractivity contribution is 5.74. The molecule has 6 rings (SSSR count). The molecular weight excluding hydrogens is 612 g/mol. The second-order valence-corrected chi connectivity index (χ2v) is 12.5. The number of ether oxygens (including phenoxy) is 2. The number of nitrogens with one attached hydrogen (secondary N) is 2. The number of likely N-dealkylation sites (N-methyl/N-ethyl adjacent to an activating group) is 1. The molecule has 252 valence electrons. The number of carbonyl (C=O) groups is 1. The molecule has 2 heterocycles. The fourth-order valence-electron chi connectivity index (χ4n) is 6.07. The Bertz CT molecular complexity index is 1770. The van der Waals surface area contributed by atoms with Crippen LogP contribution in [0.15, 0.2) is 128 Å². The second kappa shape index (κ2) is 17.0. The molecule has 0 unspecified atom stereocenters. The largest absolute Gasteiger partial charge is 0.392 e. The molecule has 0 radical (unpaired) electrons. The van der Waals surface area contributed by atoms with Gasteiger partial charge >= 0.3 is 6.03 Å². The molecule has 2 amide bonds. The van der Waals surface area contributed by atoms with Gasteiger partial charge in [-0.05, 0) is 64.7 Å². The van der Waals surface area contributed by atoms with E-state index in [9.17, 15) is 9.90 Å². The lowest BCUT2D eigenvalue weighted by molar-refractivity contribution is -0.252. The van der Waals surface area contributed by atoms with Gasteiger partial charge in [-0.15, -0.1) is 0 Å². The highest BCUT2D eigenvalue weighted by Crippen LogP contribution is 2.39. The van der Waals surface area contributed by atoms with Crippen molar-refractivity contribution in [1.29, 1.82) is 0 Å². The molecule has 5 aromatic rings. The molecular formula is C41H44N4O4. The molecule has 1 aromatic heterocycles. The third kappa shape index (κ3) is 9.84. The van der Waals surface area contributed by atoms with Crippen LogP contribution in [0.5, 0.6) is 0 Å². The van der Waals surface area contributed by atoms with Crippen LogP contribution in [0.1, 0.15) is 52.3 Å². The quantitative estimate of drug-likeness (QED) is 0.127. The van der Waals surface area contributed by atoms with Gasteiger partial charge in [0.2, 0.25) is 0 Å². The highest BCUT2D eigenvalue weighted by Gasteiger charge is 2.33. The number of nitrogens with zero attached hydrogens (tertiary/aromatic N) is 2. The van der Waals surface area contributed by atoms with Crippen molar-refractivity contribution < 1.29 is 19.4 Å². The summed E-state index contributed by atoms with van der Waals surface area (Å²) in [5.41, 5.74) is 8.09. The lowest BCUT2D eigenvalue weighted by Crippen LogP contribution is -2.38. The van der Waals surface area contributed by atoms with Crippen molar-refractivity contribution >= 4 is 6.03 Å². The Kier molecular flexibility index (Phi) is 11.8. The molecule has 49 heavy (non-hydrogen) atoms. The SMILES string of the molecule is CN(CCc1ccccn1)C[C@H]1C[C@@H](c2ccc(CO)cc2)O[C@@H](c2cccc(-c3cccc(CNC(=O)NCc4ccccc4)c3)c2)O1. The highest BCUT2D eigenvalue weighted by atomic mass is 16.7. The van der Waals surface area contributed by atoms with Gasteiger partial charge in [-0.3, -0.25) is 4.98 Å². The maximum atomic E-state index is 12.5. The molecule has 4 aromatic carbocycles. The summed E-state index contributed by atoms with van der Waals surface area (Å²) >= 11 is 0. The van der Waals surface area contributed by atoms with E-state index in [2.05, 4.69) is 64.0 Å². The molecule has 8 nitrogen and oxygen atoms in total. The van der Waals surface area contributed by atoms with Crippen molar-refractivity contribution in [3.05, 3.63) is 161 Å². The first kappa shape index (κ1) is 34.0. The maximum absolute atomic E-state index is 12.5. The number of hydrogen-bond acceptors (Lipinski definition) is 6. The summed E-state index contributed by atoms with van der Waals surface area (Å²) in [6, 6.07) is 40.1. The molecule has 0 spiro atoms. The number of carbonyl (C=O) groups excluding carboxylic acids is 1. The summed E-state index contributed by atoms with van der Waals surface area (Å²) in [7, 11) is 2.12. The van der Waals surface area contributed by atoms with Crippen molar-refractivity contribution in [2.75, 3.05) is 20.1 Å². The molecule has 8 heteroatoms. The van der Waals surface area contributed by atoms with Crippen molar-refractivity contribution in [2.45, 2.75) is 51.0 Å². The Balaban J connectivity index is 1.13. The molecule has 1 saturated heterocycles. The minimum absolute atomic E-state index is 0.00669. The van der Waals surface area contributed by atoms with Crippen LogP contribution in [-0.2, 0) is 35.6 Å². The fourth-order valence-corrected chi connectivity index (χ4v) is 6.07. The van der Waals surface area contributed by atoms with Crippen LogP contribution in [0.2, 0.25) is 0 Å². The molecule has 0 saturated carbocycles. The predicted octanol–water partition coefficient (Wildman–Crippen LogP) is 6.96. The number of amides is 2. The monoisotopic (exact) mass is 656 g/mol. The molecule has 3 atom stereocenters. The number of hydrogen-bond donors (Lipinski definition) is 3. The molecule has 1 fully saturated rings. The first-order chi connectivity index (χ1) is 24.0. The Labute approximate surface area is 288 Å². The van der Waals surface area contributed by atoms with E-state index in [1.165, 1.54) is 0 Å². The van der Waals surface area contributed by atoms with E-state index >= 15 is 0 Å². The number of benzene rings is 4. The Morgan fingerprint density at radius 2 is 1.49 bits per heavy atom. The fraction of sp³-hybridized carbons (Fsp3) is 0.268. The van der Waals surface area contributed by atoms with Crippen molar-refractivity contribution in [3.8, 4) is 11.1 Å². The van der Waals surface area contributed by atoms with Crippen LogP contribution in [0.4, 0.5) is 4.79 Å². The van der Waals surface area contributed by atoms with E-state index in [-0.39, 0.29) is 24.8 Å². The average molecular weight is 657 g/mol. The Morgan fingerprint density at radius 1 is 0.776 bits per heavy atom. The van der Waals surface area contributed by atoms with Crippen LogP contribution in [0.25, 0.3) is 11.1 Å². The second-order valence-electron chi connectivity index (χ2n) is 12.5. The number of pyridine rings is 1. The van der Waals surface area contributed by atoms with E-state index in [4.69, 9.17) is 9.47 Å². The van der Waals surface area contributed by atoms with Crippen LogP contribution in [0.3, 0.4) is 0 Å². The molecule has 1 aliphatic heterocycles. The van der Waals surface area contributed by atoms with Gasteiger partial charge in [-0.1, -0.05) is 97.1 Å². The molecule has 3 N–H and O–H groups in total. The summed E-state index contributed by atoms with van der Waals surface area (Å²) < 4.78 is 13.3. The van der Waals surface area contributed by atoms with Crippen molar-refractivity contribution in [3.63, 3.8) is 0 Å². The van der Waals surface area contributed by atoms with E-state index in [0.29, 0.717) is 13.1 Å². The third-order valence-corrected chi connectivity index (χ3v) is 8.77. The van der Waals surface area contributed by atoms with Crippen LogP contribution < -0.4 is 10.6 Å². The Morgan fingerprint density at radius 3 is 2.24 bits per heavy atom. The normalized spacial score (nSPS) is 17.5.